The number of nitrogens with one attached hydrogen (secondary N) is 2. The molecule has 0 aliphatic rings. The van der Waals surface area contributed by atoms with Gasteiger partial charge < -0.3 is 4.98 Å². The van der Waals surface area contributed by atoms with Crippen LogP contribution in [-0.4, -0.2) is 22.4 Å². The molecule has 1 aromatic rings. The predicted octanol–water partition coefficient (Wildman–Crippen LogP) is 0.600. The van der Waals surface area contributed by atoms with Crippen LogP contribution >= 0.6 is 0 Å². The molecule has 18 heavy (non-hydrogen) atoms. The molecule has 0 atom stereocenters. The first-order valence-corrected chi connectivity index (χ1v) is 5.21. The number of nitrogens with zero attached hydrogens (tertiary/aromatic N) is 1. The minimum absolute atomic E-state index is 0.202. The number of rotatable bonds is 5. The van der Waals surface area contributed by atoms with Crippen LogP contribution < -0.4 is 11.0 Å². The largest absolute Gasteiger partial charge is 0.322 e. The van der Waals surface area contributed by atoms with Gasteiger partial charge in [-0.25, -0.2) is 5.48 Å². The lowest BCUT2D eigenvalue weighted by Crippen LogP contribution is -2.30. The number of nitro groups is 1. The van der Waals surface area contributed by atoms with Crippen LogP contribution in [0.2, 0.25) is 0 Å². The average Bonchev–Trinajstić information content (AvgIpc) is 2.28. The van der Waals surface area contributed by atoms with Gasteiger partial charge in [0, 0.05) is 6.07 Å². The van der Waals surface area contributed by atoms with Gasteiger partial charge in [0.1, 0.15) is 5.56 Å². The Kier molecular flexibility index (Phi) is 4.55. The van der Waals surface area contributed by atoms with E-state index in [9.17, 15) is 19.7 Å². The number of H-pyrrole nitrogens is 1. The lowest BCUT2D eigenvalue weighted by molar-refractivity contribution is -0.385. The van der Waals surface area contributed by atoms with E-state index in [4.69, 9.17) is 4.84 Å². The van der Waals surface area contributed by atoms with Crippen molar-refractivity contribution in [2.45, 2.75) is 13.8 Å². The van der Waals surface area contributed by atoms with Crippen LogP contribution in [0, 0.1) is 16.0 Å². The molecule has 1 rings (SSSR count). The molecule has 1 heterocycles. The molecule has 0 spiro atoms. The van der Waals surface area contributed by atoms with E-state index in [0.717, 1.165) is 12.3 Å². The van der Waals surface area contributed by atoms with Crippen molar-refractivity contribution >= 4 is 11.6 Å². The Morgan fingerprint density at radius 1 is 1.61 bits per heavy atom. The monoisotopic (exact) mass is 255 g/mol. The second-order valence-corrected chi connectivity index (χ2v) is 3.99. The Balaban J connectivity index is 2.81. The van der Waals surface area contributed by atoms with Crippen LogP contribution in [0.5, 0.6) is 0 Å². The molecule has 8 heteroatoms. The third-order valence-electron chi connectivity index (χ3n) is 1.92. The minimum atomic E-state index is -0.819. The third-order valence-corrected chi connectivity index (χ3v) is 1.92. The summed E-state index contributed by atoms with van der Waals surface area (Å²) in [7, 11) is 0. The number of aromatic nitrogens is 1. The van der Waals surface area contributed by atoms with Gasteiger partial charge >= 0.3 is 0 Å². The SMILES string of the molecule is CC(C)CONC(=O)c1cc([N+](=O)[O-])c[nH]c1=O. The van der Waals surface area contributed by atoms with E-state index >= 15 is 0 Å². The number of amides is 1. The highest BCUT2D eigenvalue weighted by atomic mass is 16.7. The Bertz CT molecular complexity index is 508. The summed E-state index contributed by atoms with van der Waals surface area (Å²) in [6.07, 6.45) is 0.925. The summed E-state index contributed by atoms with van der Waals surface area (Å²) >= 11 is 0. The van der Waals surface area contributed by atoms with Crippen LogP contribution in [-0.2, 0) is 4.84 Å². The van der Waals surface area contributed by atoms with Crippen LogP contribution in [0.25, 0.3) is 0 Å². The topological polar surface area (TPSA) is 114 Å². The van der Waals surface area contributed by atoms with Gasteiger partial charge in [0.2, 0.25) is 0 Å². The summed E-state index contributed by atoms with van der Waals surface area (Å²) in [4.78, 5) is 39.6. The van der Waals surface area contributed by atoms with Crippen LogP contribution in [0.15, 0.2) is 17.1 Å². The predicted molar refractivity (Wildman–Crippen MR) is 62.0 cm³/mol. The zero-order valence-corrected chi connectivity index (χ0v) is 9.93. The quantitative estimate of drug-likeness (QED) is 0.590. The third kappa shape index (κ3) is 3.67. The van der Waals surface area contributed by atoms with Crippen molar-refractivity contribution in [2.24, 2.45) is 5.92 Å². The highest BCUT2D eigenvalue weighted by molar-refractivity contribution is 5.93. The van der Waals surface area contributed by atoms with Gasteiger partial charge in [-0.2, -0.15) is 0 Å². The number of carbonyl (C=O) groups is 1. The summed E-state index contributed by atoms with van der Waals surface area (Å²) < 4.78 is 0. The maximum atomic E-state index is 11.5. The molecule has 1 amide bonds. The Morgan fingerprint density at radius 3 is 2.83 bits per heavy atom. The molecule has 0 fully saturated rings. The highest BCUT2D eigenvalue weighted by Crippen LogP contribution is 2.07. The van der Waals surface area contributed by atoms with E-state index in [2.05, 4.69) is 10.5 Å². The van der Waals surface area contributed by atoms with Crippen molar-refractivity contribution in [3.63, 3.8) is 0 Å². The summed E-state index contributed by atoms with van der Waals surface area (Å²) in [5.41, 5.74) is 0.600. The van der Waals surface area contributed by atoms with Crippen molar-refractivity contribution in [1.29, 1.82) is 0 Å². The van der Waals surface area contributed by atoms with E-state index in [0.29, 0.717) is 0 Å². The molecule has 0 aliphatic carbocycles. The van der Waals surface area contributed by atoms with Crippen LogP contribution in [0.1, 0.15) is 24.2 Å². The lowest BCUT2D eigenvalue weighted by Gasteiger charge is -2.07. The van der Waals surface area contributed by atoms with Gasteiger partial charge in [-0.15, -0.1) is 0 Å². The number of pyridine rings is 1. The van der Waals surface area contributed by atoms with E-state index < -0.39 is 16.4 Å². The van der Waals surface area contributed by atoms with E-state index in [1.165, 1.54) is 0 Å². The molecule has 8 nitrogen and oxygen atoms in total. The molecule has 1 aromatic heterocycles. The molecule has 0 saturated carbocycles. The standard InChI is InChI=1S/C10H13N3O5/c1-6(2)5-18-12-10(15)8-3-7(13(16)17)4-11-9(8)14/h3-4,6H,5H2,1-2H3,(H,11,14)(H,12,15). The Hall–Kier alpha value is -2.22. The van der Waals surface area contributed by atoms with Gasteiger partial charge in [-0.3, -0.25) is 24.5 Å². The second kappa shape index (κ2) is 5.92. The number of hydroxylamine groups is 1. The first kappa shape index (κ1) is 13.8. The molecule has 98 valence electrons. The van der Waals surface area contributed by atoms with Crippen molar-refractivity contribution in [1.82, 2.24) is 10.5 Å². The van der Waals surface area contributed by atoms with Crippen molar-refractivity contribution < 1.29 is 14.6 Å². The fourth-order valence-corrected chi connectivity index (χ4v) is 1.08. The molecular formula is C10H13N3O5. The summed E-state index contributed by atoms with van der Waals surface area (Å²) in [6.45, 7) is 4.04. The Labute approximate surface area is 102 Å². The van der Waals surface area contributed by atoms with Gasteiger partial charge in [0.25, 0.3) is 17.2 Å². The molecule has 0 bridgehead atoms. The second-order valence-electron chi connectivity index (χ2n) is 3.99. The number of hydrogen-bond donors (Lipinski definition) is 2. The summed E-state index contributed by atoms with van der Waals surface area (Å²) in [5, 5.41) is 10.5. The molecule has 0 aromatic carbocycles. The summed E-state index contributed by atoms with van der Waals surface area (Å²) in [6, 6.07) is 0.896. The molecule has 2 N–H and O–H groups in total. The first-order valence-electron chi connectivity index (χ1n) is 5.21. The van der Waals surface area contributed by atoms with E-state index in [-0.39, 0.29) is 23.8 Å². The molecule has 0 unspecified atom stereocenters. The van der Waals surface area contributed by atoms with Gasteiger partial charge in [0.15, 0.2) is 0 Å². The smallest absolute Gasteiger partial charge is 0.286 e. The van der Waals surface area contributed by atoms with E-state index in [1.807, 2.05) is 13.8 Å². The summed E-state index contributed by atoms with van der Waals surface area (Å²) in [5.74, 6) is -0.616. The van der Waals surface area contributed by atoms with Gasteiger partial charge in [-0.05, 0) is 5.92 Å². The van der Waals surface area contributed by atoms with E-state index in [1.54, 1.807) is 0 Å². The molecular weight excluding hydrogens is 242 g/mol. The number of carbonyl (C=O) groups excluding carboxylic acids is 1. The average molecular weight is 255 g/mol. The maximum absolute atomic E-state index is 11.5. The van der Waals surface area contributed by atoms with Crippen molar-refractivity contribution in [3.8, 4) is 0 Å². The number of aromatic amines is 1. The van der Waals surface area contributed by atoms with Crippen LogP contribution in [0.3, 0.4) is 0 Å². The fraction of sp³-hybridized carbons (Fsp3) is 0.400. The van der Waals surface area contributed by atoms with Crippen molar-refractivity contribution in [2.75, 3.05) is 6.61 Å². The number of hydrogen-bond acceptors (Lipinski definition) is 5. The van der Waals surface area contributed by atoms with Crippen LogP contribution in [0.4, 0.5) is 5.69 Å². The fourth-order valence-electron chi connectivity index (χ4n) is 1.08. The minimum Gasteiger partial charge on any atom is -0.322 e. The molecule has 0 radical (unpaired) electrons. The maximum Gasteiger partial charge on any atom is 0.286 e. The van der Waals surface area contributed by atoms with Gasteiger partial charge in [0.05, 0.1) is 17.7 Å². The zero-order valence-electron chi connectivity index (χ0n) is 9.93. The molecule has 0 aliphatic heterocycles. The highest BCUT2D eigenvalue weighted by Gasteiger charge is 2.16. The van der Waals surface area contributed by atoms with Crippen molar-refractivity contribution in [3.05, 3.63) is 38.3 Å². The molecule has 0 saturated heterocycles. The van der Waals surface area contributed by atoms with Gasteiger partial charge in [-0.1, -0.05) is 13.8 Å². The Morgan fingerprint density at radius 2 is 2.28 bits per heavy atom. The lowest BCUT2D eigenvalue weighted by atomic mass is 10.2. The first-order chi connectivity index (χ1) is 8.41. The zero-order chi connectivity index (χ0) is 13.7. The normalized spacial score (nSPS) is 10.4.